The first-order valence-corrected chi connectivity index (χ1v) is 9.42. The molecule has 0 aliphatic carbocycles. The molecule has 0 bridgehead atoms. The van der Waals surface area contributed by atoms with Crippen molar-refractivity contribution in [2.24, 2.45) is 0 Å². The molecule has 2 aromatic rings. The van der Waals surface area contributed by atoms with Crippen LogP contribution < -0.4 is 14.8 Å². The van der Waals surface area contributed by atoms with E-state index in [1.54, 1.807) is 25.7 Å². The first kappa shape index (κ1) is 20.7. The van der Waals surface area contributed by atoms with Crippen LogP contribution in [-0.2, 0) is 16.0 Å². The molecular weight excluding hydrogens is 368 g/mol. The van der Waals surface area contributed by atoms with E-state index < -0.39 is 11.5 Å². The van der Waals surface area contributed by atoms with Crippen LogP contribution in [0.1, 0.15) is 32.4 Å². The first-order chi connectivity index (χ1) is 12.8. The molecule has 0 aliphatic rings. The van der Waals surface area contributed by atoms with Crippen LogP contribution in [0.3, 0.4) is 0 Å². The second kappa shape index (κ2) is 8.85. The fourth-order valence-electron chi connectivity index (χ4n) is 2.73. The van der Waals surface area contributed by atoms with Gasteiger partial charge in [0.1, 0.15) is 10.5 Å². The second-order valence-electron chi connectivity index (χ2n) is 6.33. The number of nitrogens with one attached hydrogen (secondary N) is 1. The molecule has 27 heavy (non-hydrogen) atoms. The zero-order valence-electron chi connectivity index (χ0n) is 15.9. The van der Waals surface area contributed by atoms with Crippen LogP contribution in [0.5, 0.6) is 11.5 Å². The smallest absolute Gasteiger partial charge is 0.329 e. The van der Waals surface area contributed by atoms with Gasteiger partial charge < -0.3 is 19.9 Å². The standard InChI is InChI=1S/C19H24N2O5S/c1-5-8-19(2,18(23)24)21-16(22)10-13-11-27-17(20-13)12-6-7-14(25-3)15(9-12)26-4/h6-7,9,11H,5,8,10H2,1-4H3,(H,21,22)(H,23,24). The monoisotopic (exact) mass is 392 g/mol. The fraction of sp³-hybridized carbons (Fsp3) is 0.421. The molecule has 2 rings (SSSR count). The Bertz CT molecular complexity index is 820. The fourth-order valence-corrected chi connectivity index (χ4v) is 3.55. The Hall–Kier alpha value is -2.61. The topological polar surface area (TPSA) is 97.8 Å². The molecule has 0 spiro atoms. The number of hydrogen-bond acceptors (Lipinski definition) is 6. The van der Waals surface area contributed by atoms with Crippen molar-refractivity contribution in [3.8, 4) is 22.1 Å². The van der Waals surface area contributed by atoms with Gasteiger partial charge in [0.05, 0.1) is 26.3 Å². The van der Waals surface area contributed by atoms with Gasteiger partial charge in [0.2, 0.25) is 5.91 Å². The van der Waals surface area contributed by atoms with Gasteiger partial charge in [0.25, 0.3) is 0 Å². The van der Waals surface area contributed by atoms with E-state index in [1.807, 2.05) is 19.1 Å². The van der Waals surface area contributed by atoms with Gasteiger partial charge in [-0.2, -0.15) is 0 Å². The van der Waals surface area contributed by atoms with Crippen LogP contribution in [0.25, 0.3) is 10.6 Å². The molecule has 7 nitrogen and oxygen atoms in total. The van der Waals surface area contributed by atoms with Crippen molar-refractivity contribution in [1.82, 2.24) is 10.3 Å². The number of rotatable bonds is 9. The maximum atomic E-state index is 12.3. The number of ether oxygens (including phenoxy) is 2. The number of aliphatic carboxylic acids is 1. The summed E-state index contributed by atoms with van der Waals surface area (Å²) >= 11 is 1.41. The highest BCUT2D eigenvalue weighted by molar-refractivity contribution is 7.13. The van der Waals surface area contributed by atoms with Crippen molar-refractivity contribution in [2.45, 2.75) is 38.6 Å². The second-order valence-corrected chi connectivity index (χ2v) is 7.18. The molecule has 1 aromatic carbocycles. The zero-order chi connectivity index (χ0) is 20.0. The highest BCUT2D eigenvalue weighted by Crippen LogP contribution is 2.33. The van der Waals surface area contributed by atoms with E-state index >= 15 is 0 Å². The Morgan fingerprint density at radius 1 is 1.26 bits per heavy atom. The lowest BCUT2D eigenvalue weighted by molar-refractivity contribution is -0.147. The van der Waals surface area contributed by atoms with Crippen molar-refractivity contribution in [1.29, 1.82) is 0 Å². The SMILES string of the molecule is CCCC(C)(NC(=O)Cc1csc(-c2ccc(OC)c(OC)c2)n1)C(=O)O. The Balaban J connectivity index is 2.12. The Morgan fingerprint density at radius 3 is 2.56 bits per heavy atom. The van der Waals surface area contributed by atoms with Gasteiger partial charge in [-0.15, -0.1) is 11.3 Å². The summed E-state index contributed by atoms with van der Waals surface area (Å²) in [4.78, 5) is 28.2. The van der Waals surface area contributed by atoms with Gasteiger partial charge in [-0.1, -0.05) is 13.3 Å². The number of methoxy groups -OCH3 is 2. The molecule has 0 saturated carbocycles. The number of amides is 1. The lowest BCUT2D eigenvalue weighted by atomic mass is 9.96. The van der Waals surface area contributed by atoms with Gasteiger partial charge in [0, 0.05) is 10.9 Å². The van der Waals surface area contributed by atoms with Gasteiger partial charge in [0.15, 0.2) is 11.5 Å². The van der Waals surface area contributed by atoms with E-state index in [0.29, 0.717) is 30.0 Å². The van der Waals surface area contributed by atoms with E-state index in [4.69, 9.17) is 9.47 Å². The molecular formula is C19H24N2O5S. The van der Waals surface area contributed by atoms with Crippen LogP contribution in [0.2, 0.25) is 0 Å². The Morgan fingerprint density at radius 2 is 1.96 bits per heavy atom. The summed E-state index contributed by atoms with van der Waals surface area (Å²) in [5.41, 5.74) is 0.172. The summed E-state index contributed by atoms with van der Waals surface area (Å²) < 4.78 is 10.5. The van der Waals surface area contributed by atoms with E-state index in [2.05, 4.69) is 10.3 Å². The molecule has 2 N–H and O–H groups in total. The third-order valence-electron chi connectivity index (χ3n) is 4.16. The number of carboxylic acid groups (broad SMARTS) is 1. The maximum Gasteiger partial charge on any atom is 0.329 e. The number of hydrogen-bond donors (Lipinski definition) is 2. The molecule has 146 valence electrons. The summed E-state index contributed by atoms with van der Waals surface area (Å²) in [6.07, 6.45) is 1.04. The average molecular weight is 392 g/mol. The van der Waals surface area contributed by atoms with Crippen LogP contribution in [0, 0.1) is 0 Å². The van der Waals surface area contributed by atoms with Crippen molar-refractivity contribution in [3.63, 3.8) is 0 Å². The van der Waals surface area contributed by atoms with Crippen molar-refractivity contribution >= 4 is 23.2 Å². The van der Waals surface area contributed by atoms with Crippen LogP contribution in [0.15, 0.2) is 23.6 Å². The van der Waals surface area contributed by atoms with Crippen molar-refractivity contribution in [2.75, 3.05) is 14.2 Å². The number of carbonyl (C=O) groups is 2. The molecule has 1 heterocycles. The number of thiazole rings is 1. The highest BCUT2D eigenvalue weighted by Gasteiger charge is 2.33. The van der Waals surface area contributed by atoms with Crippen LogP contribution in [0.4, 0.5) is 0 Å². The number of aromatic nitrogens is 1. The summed E-state index contributed by atoms with van der Waals surface area (Å²) in [6, 6.07) is 5.49. The molecule has 0 fully saturated rings. The van der Waals surface area contributed by atoms with E-state index in [-0.39, 0.29) is 12.3 Å². The average Bonchev–Trinajstić information content (AvgIpc) is 3.09. The van der Waals surface area contributed by atoms with Gasteiger partial charge in [-0.25, -0.2) is 9.78 Å². The van der Waals surface area contributed by atoms with Crippen molar-refractivity contribution < 1.29 is 24.2 Å². The number of nitrogens with zero attached hydrogens (tertiary/aromatic N) is 1. The molecule has 0 aliphatic heterocycles. The van der Waals surface area contributed by atoms with Gasteiger partial charge in [-0.05, 0) is 31.5 Å². The maximum absolute atomic E-state index is 12.3. The Kier molecular flexibility index (Phi) is 6.79. The molecule has 0 radical (unpaired) electrons. The minimum Gasteiger partial charge on any atom is -0.493 e. The molecule has 1 atom stereocenters. The third kappa shape index (κ3) is 4.97. The predicted octanol–water partition coefficient (Wildman–Crippen LogP) is 3.13. The number of carboxylic acids is 1. The highest BCUT2D eigenvalue weighted by atomic mass is 32.1. The molecule has 8 heteroatoms. The zero-order valence-corrected chi connectivity index (χ0v) is 16.7. The van der Waals surface area contributed by atoms with E-state index in [9.17, 15) is 14.7 Å². The summed E-state index contributed by atoms with van der Waals surface area (Å²) in [5, 5.41) is 14.5. The van der Waals surface area contributed by atoms with E-state index in [0.717, 1.165) is 10.6 Å². The summed E-state index contributed by atoms with van der Waals surface area (Å²) in [5.74, 6) is -0.179. The third-order valence-corrected chi connectivity index (χ3v) is 5.10. The first-order valence-electron chi connectivity index (χ1n) is 8.54. The lowest BCUT2D eigenvalue weighted by Crippen LogP contribution is -2.52. The molecule has 1 unspecified atom stereocenters. The molecule has 1 amide bonds. The van der Waals surface area contributed by atoms with Gasteiger partial charge in [-0.3, -0.25) is 4.79 Å². The van der Waals surface area contributed by atoms with E-state index in [1.165, 1.54) is 18.3 Å². The minimum atomic E-state index is -1.27. The molecule has 0 saturated heterocycles. The van der Waals surface area contributed by atoms with Crippen LogP contribution >= 0.6 is 11.3 Å². The minimum absolute atomic E-state index is 0.0242. The van der Waals surface area contributed by atoms with Gasteiger partial charge >= 0.3 is 5.97 Å². The van der Waals surface area contributed by atoms with Crippen LogP contribution in [-0.4, -0.2) is 41.7 Å². The predicted molar refractivity (Wildman–Crippen MR) is 103 cm³/mol. The number of carbonyl (C=O) groups excluding carboxylic acids is 1. The lowest BCUT2D eigenvalue weighted by Gasteiger charge is -2.25. The quantitative estimate of drug-likeness (QED) is 0.680. The largest absolute Gasteiger partial charge is 0.493 e. The normalized spacial score (nSPS) is 12.9. The number of benzene rings is 1. The van der Waals surface area contributed by atoms with Crippen molar-refractivity contribution in [3.05, 3.63) is 29.3 Å². The Labute approximate surface area is 162 Å². The summed E-state index contributed by atoms with van der Waals surface area (Å²) in [6.45, 7) is 3.40. The summed E-state index contributed by atoms with van der Waals surface area (Å²) in [7, 11) is 3.13. The molecule has 1 aromatic heterocycles.